The molecule has 0 saturated carbocycles. The van der Waals surface area contributed by atoms with Gasteiger partial charge in [-0.3, -0.25) is 9.80 Å². The van der Waals surface area contributed by atoms with Crippen molar-refractivity contribution >= 4 is 136 Å². The highest BCUT2D eigenvalue weighted by Gasteiger charge is 2.10. The van der Waals surface area contributed by atoms with Crippen LogP contribution >= 0.6 is 136 Å². The van der Waals surface area contributed by atoms with Gasteiger partial charge in [0.15, 0.2) is 0 Å². The van der Waals surface area contributed by atoms with E-state index in [4.69, 9.17) is 0 Å². The fourth-order valence-corrected chi connectivity index (χ4v) is 4.99. The minimum atomic E-state index is 0. The van der Waals surface area contributed by atoms with E-state index in [9.17, 15) is 0 Å². The molecule has 286 valence electrons. The van der Waals surface area contributed by atoms with Crippen molar-refractivity contribution < 1.29 is 11.0 Å². The van der Waals surface area contributed by atoms with Crippen LogP contribution in [0.25, 0.3) is 0 Å². The number of nitrogens with one attached hydrogen (secondary N) is 6. The second-order valence-electron chi connectivity index (χ2n) is 10.3. The molecule has 1 aromatic rings. The highest BCUT2D eigenvalue weighted by Crippen LogP contribution is 2.12. The molecule has 2 aliphatic rings. The second-order valence-corrected chi connectivity index (χ2v) is 10.3. The van der Waals surface area contributed by atoms with Crippen LogP contribution in [0.3, 0.4) is 0 Å². The fraction of sp³-hybridized carbons (Fsp3) is 0.786. The van der Waals surface area contributed by atoms with Crippen molar-refractivity contribution in [2.45, 2.75) is 38.8 Å². The van der Waals surface area contributed by atoms with Gasteiger partial charge in [0.2, 0.25) is 0 Å². The Kier molecular flexibility index (Phi) is 69.3. The number of rotatable bonds is 4. The van der Waals surface area contributed by atoms with Gasteiger partial charge in [0.05, 0.1) is 0 Å². The Balaban J connectivity index is -0.000000241. The number of nitrogens with zero attached hydrogens (tertiary/aromatic N) is 2. The minimum Gasteiger partial charge on any atom is -0.412 e. The van der Waals surface area contributed by atoms with Crippen LogP contribution in [0.15, 0.2) is 24.3 Å². The molecule has 2 heterocycles. The van der Waals surface area contributed by atoms with Gasteiger partial charge in [0, 0.05) is 65.4 Å². The Morgan fingerprint density at radius 2 is 0.696 bits per heavy atom. The monoisotopic (exact) mass is 1180 g/mol. The number of benzene rings is 1. The van der Waals surface area contributed by atoms with E-state index in [1.165, 1.54) is 36.8 Å². The largest absolute Gasteiger partial charge is 0.412 e. The van der Waals surface area contributed by atoms with Crippen LogP contribution in [0, 0.1) is 0 Å². The first-order chi connectivity index (χ1) is 17.9. The molecular formula is C28H66Br8N8O2. The molecule has 2 aliphatic heterocycles. The summed E-state index contributed by atoms with van der Waals surface area (Å²) in [7, 11) is 0. The van der Waals surface area contributed by atoms with Crippen LogP contribution in [0.4, 0.5) is 0 Å². The van der Waals surface area contributed by atoms with Crippen LogP contribution in [0.5, 0.6) is 0 Å². The molecule has 3 rings (SSSR count). The average Bonchev–Trinajstić information content (AvgIpc) is 2.88. The molecule has 46 heavy (non-hydrogen) atoms. The lowest BCUT2D eigenvalue weighted by Gasteiger charge is -2.25. The van der Waals surface area contributed by atoms with Gasteiger partial charge in [-0.2, -0.15) is 0 Å². The van der Waals surface area contributed by atoms with E-state index in [2.05, 4.69) is 66.0 Å². The summed E-state index contributed by atoms with van der Waals surface area (Å²) < 4.78 is 0. The molecule has 10 nitrogen and oxygen atoms in total. The molecule has 0 spiro atoms. The van der Waals surface area contributed by atoms with Crippen LogP contribution in [-0.4, -0.2) is 125 Å². The molecule has 10 N–H and O–H groups in total. The number of halogens is 8. The molecule has 0 radical (unpaired) electrons. The Morgan fingerprint density at radius 3 is 1.04 bits per heavy atom. The smallest absolute Gasteiger partial charge is 0.0234 e. The summed E-state index contributed by atoms with van der Waals surface area (Å²) >= 11 is 0. The molecule has 2 saturated heterocycles. The van der Waals surface area contributed by atoms with Crippen LogP contribution in [0.2, 0.25) is 0 Å². The summed E-state index contributed by atoms with van der Waals surface area (Å²) in [4.78, 5) is 5.26. The van der Waals surface area contributed by atoms with E-state index in [1.807, 2.05) is 0 Å². The van der Waals surface area contributed by atoms with E-state index in [0.717, 1.165) is 118 Å². The maximum absolute atomic E-state index is 3.64. The van der Waals surface area contributed by atoms with Crippen molar-refractivity contribution in [1.82, 2.24) is 41.7 Å². The summed E-state index contributed by atoms with van der Waals surface area (Å²) in [6, 6.07) is 9.34. The zero-order valence-corrected chi connectivity index (χ0v) is 40.7. The maximum Gasteiger partial charge on any atom is 0.0234 e. The number of hydrogen-bond acceptors (Lipinski definition) is 8. The van der Waals surface area contributed by atoms with Gasteiger partial charge in [-0.05, 0) is 89.2 Å². The van der Waals surface area contributed by atoms with Gasteiger partial charge >= 0.3 is 0 Å². The lowest BCUT2D eigenvalue weighted by molar-refractivity contribution is 0.256. The van der Waals surface area contributed by atoms with Gasteiger partial charge in [-0.1, -0.05) is 24.3 Å². The van der Waals surface area contributed by atoms with Crippen molar-refractivity contribution in [2.24, 2.45) is 0 Å². The van der Waals surface area contributed by atoms with Crippen molar-refractivity contribution in [3.05, 3.63) is 35.4 Å². The van der Waals surface area contributed by atoms with Gasteiger partial charge < -0.3 is 42.9 Å². The first-order valence-electron chi connectivity index (χ1n) is 14.7. The zero-order valence-electron chi connectivity index (χ0n) is 27.0. The maximum atomic E-state index is 3.64. The first kappa shape index (κ1) is 66.9. The number of hydrogen-bond donors (Lipinski definition) is 6. The summed E-state index contributed by atoms with van der Waals surface area (Å²) in [5.74, 6) is 0. The third-order valence-corrected chi connectivity index (χ3v) is 7.04. The Bertz CT molecular complexity index is 621. The van der Waals surface area contributed by atoms with E-state index < -0.39 is 0 Å². The van der Waals surface area contributed by atoms with Crippen molar-refractivity contribution in [3.63, 3.8) is 0 Å². The topological polar surface area (TPSA) is 142 Å². The molecule has 0 atom stereocenters. The van der Waals surface area contributed by atoms with Gasteiger partial charge in [0.25, 0.3) is 0 Å². The molecule has 0 unspecified atom stereocenters. The Hall–Kier alpha value is 2.66. The molecule has 2 fully saturated rings. The third-order valence-electron chi connectivity index (χ3n) is 7.04. The Labute approximate surface area is 363 Å². The predicted octanol–water partition coefficient (Wildman–Crippen LogP) is 3.39. The standard InChI is InChI=1S/C28H54N8.8BrH.2H2O/c1-6-27(25-35-20-4-12-31-16-14-29-8-2-10-33-18-22-35)24-28(7-1)26-36-21-5-13-32-17-15-30-9-3-11-34-19-23-36;;;;;;;;;;/h1,6-7,24,29-34H,2-5,8-23,25-26H2;8*1H;2*1H2. The molecule has 0 bridgehead atoms. The first-order valence-corrected chi connectivity index (χ1v) is 14.7. The van der Waals surface area contributed by atoms with Crippen molar-refractivity contribution in [2.75, 3.05) is 105 Å². The molecule has 0 amide bonds. The van der Waals surface area contributed by atoms with E-state index in [1.54, 1.807) is 0 Å². The third kappa shape index (κ3) is 35.1. The van der Waals surface area contributed by atoms with E-state index in [0.29, 0.717) is 0 Å². The van der Waals surface area contributed by atoms with Crippen molar-refractivity contribution in [1.29, 1.82) is 0 Å². The zero-order chi connectivity index (χ0) is 24.9. The van der Waals surface area contributed by atoms with E-state index in [-0.39, 0.29) is 147 Å². The fourth-order valence-electron chi connectivity index (χ4n) is 4.99. The molecule has 0 aromatic heterocycles. The lowest BCUT2D eigenvalue weighted by Crippen LogP contribution is -2.37. The molecular weight excluding hydrogens is 1120 g/mol. The minimum absolute atomic E-state index is 0. The SMILES string of the molecule is Br.Br.Br.Br.Br.Br.Br.Br.O.O.c1cc(CN2CCCNCCNCCCNCC2)cc(CN2CCCNCCNCCCNCC2)c1. The van der Waals surface area contributed by atoms with Crippen LogP contribution in [-0.2, 0) is 13.1 Å². The summed E-state index contributed by atoms with van der Waals surface area (Å²) in [5.41, 5.74) is 2.89. The van der Waals surface area contributed by atoms with Crippen LogP contribution in [0.1, 0.15) is 36.8 Å². The average molecular weight is 1190 g/mol. The highest BCUT2D eigenvalue weighted by molar-refractivity contribution is 8.93. The summed E-state index contributed by atoms with van der Waals surface area (Å²) in [5, 5.41) is 21.5. The van der Waals surface area contributed by atoms with Gasteiger partial charge in [-0.15, -0.1) is 136 Å². The van der Waals surface area contributed by atoms with E-state index >= 15 is 0 Å². The Morgan fingerprint density at radius 1 is 0.391 bits per heavy atom. The lowest BCUT2D eigenvalue weighted by atomic mass is 10.1. The van der Waals surface area contributed by atoms with Gasteiger partial charge in [0.1, 0.15) is 0 Å². The summed E-state index contributed by atoms with van der Waals surface area (Å²) in [6.45, 7) is 19.6. The quantitative estimate of drug-likeness (QED) is 0.270. The molecule has 1 aromatic carbocycles. The van der Waals surface area contributed by atoms with Crippen molar-refractivity contribution in [3.8, 4) is 0 Å². The molecule has 18 heteroatoms. The van der Waals surface area contributed by atoms with Crippen LogP contribution < -0.4 is 31.9 Å². The highest BCUT2D eigenvalue weighted by atomic mass is 79.9. The normalized spacial score (nSPS) is 17.9. The second kappa shape index (κ2) is 47.7. The van der Waals surface area contributed by atoms with Gasteiger partial charge in [-0.25, -0.2) is 0 Å². The molecule has 0 aliphatic carbocycles. The predicted molar refractivity (Wildman–Crippen MR) is 242 cm³/mol. The summed E-state index contributed by atoms with van der Waals surface area (Å²) in [6.07, 6.45) is 4.79.